The van der Waals surface area contributed by atoms with Gasteiger partial charge in [-0.25, -0.2) is 14.5 Å². The normalized spacial score (nSPS) is 10.4. The molecule has 0 radical (unpaired) electrons. The van der Waals surface area contributed by atoms with Crippen LogP contribution in [0.1, 0.15) is 5.69 Å². The highest BCUT2D eigenvalue weighted by molar-refractivity contribution is 6.32. The van der Waals surface area contributed by atoms with Gasteiger partial charge in [0, 0.05) is 11.8 Å². The Labute approximate surface area is 107 Å². The van der Waals surface area contributed by atoms with Crippen LogP contribution in [0.15, 0.2) is 36.7 Å². The molecule has 0 aromatic carbocycles. The van der Waals surface area contributed by atoms with Crippen molar-refractivity contribution in [3.63, 3.8) is 0 Å². The van der Waals surface area contributed by atoms with Crippen LogP contribution in [0.2, 0.25) is 5.15 Å². The Morgan fingerprint density at radius 1 is 1.22 bits per heavy atom. The van der Waals surface area contributed by atoms with Crippen LogP contribution in [-0.2, 0) is 0 Å². The van der Waals surface area contributed by atoms with Gasteiger partial charge in [-0.2, -0.15) is 10.4 Å². The fourth-order valence-electron chi connectivity index (χ4n) is 1.67. The smallest absolute Gasteiger partial charge is 0.162 e. The fraction of sp³-hybridized carbons (Fsp3) is 0. The van der Waals surface area contributed by atoms with E-state index >= 15 is 0 Å². The second kappa shape index (κ2) is 4.09. The van der Waals surface area contributed by atoms with Gasteiger partial charge in [-0.05, 0) is 24.3 Å². The second-order valence-electron chi connectivity index (χ2n) is 3.59. The van der Waals surface area contributed by atoms with Crippen molar-refractivity contribution in [1.82, 2.24) is 19.6 Å². The van der Waals surface area contributed by atoms with E-state index < -0.39 is 0 Å². The first-order valence-electron chi connectivity index (χ1n) is 5.15. The molecule has 3 aromatic heterocycles. The van der Waals surface area contributed by atoms with E-state index in [2.05, 4.69) is 15.1 Å². The van der Waals surface area contributed by atoms with Crippen LogP contribution in [-0.4, -0.2) is 19.6 Å². The maximum atomic E-state index is 8.95. The molecule has 0 saturated carbocycles. The number of halogens is 1. The molecule has 18 heavy (non-hydrogen) atoms. The predicted molar refractivity (Wildman–Crippen MR) is 65.9 cm³/mol. The van der Waals surface area contributed by atoms with Gasteiger partial charge in [0.2, 0.25) is 0 Å². The van der Waals surface area contributed by atoms with Crippen LogP contribution in [0.3, 0.4) is 0 Å². The maximum absolute atomic E-state index is 8.95. The molecule has 0 N–H and O–H groups in total. The lowest BCUT2D eigenvalue weighted by Crippen LogP contribution is -1.97. The van der Waals surface area contributed by atoms with Gasteiger partial charge in [-0.15, -0.1) is 0 Å². The highest BCUT2D eigenvalue weighted by Crippen LogP contribution is 2.23. The molecule has 0 amide bonds. The summed E-state index contributed by atoms with van der Waals surface area (Å²) in [5.41, 5.74) is 2.37. The Balaban J connectivity index is 2.25. The lowest BCUT2D eigenvalue weighted by molar-refractivity contribution is 0.926. The molecule has 0 saturated heterocycles. The number of hydrogen-bond acceptors (Lipinski definition) is 4. The van der Waals surface area contributed by atoms with E-state index in [1.54, 1.807) is 24.4 Å². The molecule has 5 nitrogen and oxygen atoms in total. The van der Waals surface area contributed by atoms with Crippen LogP contribution >= 0.6 is 11.6 Å². The largest absolute Gasteiger partial charge is 0.244 e. The quantitative estimate of drug-likeness (QED) is 0.626. The van der Waals surface area contributed by atoms with Crippen molar-refractivity contribution in [2.45, 2.75) is 0 Å². The SMILES string of the molecule is N#Cc1cnc2ccc(-c3cccnc3Cl)nn12. The summed E-state index contributed by atoms with van der Waals surface area (Å²) in [4.78, 5) is 8.08. The topological polar surface area (TPSA) is 66.9 Å². The van der Waals surface area contributed by atoms with Crippen molar-refractivity contribution in [3.05, 3.63) is 47.5 Å². The van der Waals surface area contributed by atoms with Gasteiger partial charge in [0.05, 0.1) is 11.9 Å². The molecule has 0 spiro atoms. The first kappa shape index (κ1) is 10.7. The van der Waals surface area contributed by atoms with Crippen LogP contribution in [0.25, 0.3) is 16.9 Å². The van der Waals surface area contributed by atoms with Gasteiger partial charge in [0.15, 0.2) is 11.3 Å². The molecule has 0 unspecified atom stereocenters. The third-order valence-corrected chi connectivity index (χ3v) is 2.81. The molecule has 86 valence electrons. The number of nitrogens with zero attached hydrogens (tertiary/aromatic N) is 5. The Hall–Kier alpha value is -2.45. The van der Waals surface area contributed by atoms with Gasteiger partial charge in [0.1, 0.15) is 11.2 Å². The lowest BCUT2D eigenvalue weighted by Gasteiger charge is -2.03. The summed E-state index contributed by atoms with van der Waals surface area (Å²) in [5, 5.41) is 13.7. The molecule has 0 bridgehead atoms. The summed E-state index contributed by atoms with van der Waals surface area (Å²) in [6.07, 6.45) is 3.10. The van der Waals surface area contributed by atoms with Crippen molar-refractivity contribution in [1.29, 1.82) is 5.26 Å². The Bertz CT molecular complexity index is 771. The van der Waals surface area contributed by atoms with Gasteiger partial charge >= 0.3 is 0 Å². The molecular formula is C12H6ClN5. The monoisotopic (exact) mass is 255 g/mol. The van der Waals surface area contributed by atoms with Crippen LogP contribution in [0, 0.1) is 11.3 Å². The van der Waals surface area contributed by atoms with E-state index in [0.717, 1.165) is 5.56 Å². The fourth-order valence-corrected chi connectivity index (χ4v) is 1.89. The van der Waals surface area contributed by atoms with Crippen LogP contribution in [0.4, 0.5) is 0 Å². The zero-order valence-electron chi connectivity index (χ0n) is 9.08. The average molecular weight is 256 g/mol. The number of imidazole rings is 1. The molecule has 0 fully saturated rings. The zero-order valence-corrected chi connectivity index (χ0v) is 9.83. The van der Waals surface area contributed by atoms with E-state index in [9.17, 15) is 0 Å². The van der Waals surface area contributed by atoms with Crippen molar-refractivity contribution < 1.29 is 0 Å². The van der Waals surface area contributed by atoms with Gasteiger partial charge in [-0.1, -0.05) is 11.6 Å². The zero-order chi connectivity index (χ0) is 12.5. The first-order valence-corrected chi connectivity index (χ1v) is 5.53. The van der Waals surface area contributed by atoms with Crippen molar-refractivity contribution in [2.24, 2.45) is 0 Å². The minimum Gasteiger partial charge on any atom is -0.244 e. The Morgan fingerprint density at radius 3 is 2.89 bits per heavy atom. The highest BCUT2D eigenvalue weighted by atomic mass is 35.5. The van der Waals surface area contributed by atoms with E-state index in [1.807, 2.05) is 12.1 Å². The molecule has 0 aliphatic carbocycles. The molecule has 3 aromatic rings. The highest BCUT2D eigenvalue weighted by Gasteiger charge is 2.09. The number of rotatable bonds is 1. The summed E-state index contributed by atoms with van der Waals surface area (Å²) in [7, 11) is 0. The number of hydrogen-bond donors (Lipinski definition) is 0. The molecule has 3 rings (SSSR count). The summed E-state index contributed by atoms with van der Waals surface area (Å²) < 4.78 is 1.48. The predicted octanol–water partition coefficient (Wildman–Crippen LogP) is 2.32. The standard InChI is InChI=1S/C12H6ClN5/c13-12-9(2-1-5-15-12)10-3-4-11-16-7-8(6-14)18(11)17-10/h1-5,7H. The Kier molecular flexibility index (Phi) is 2.43. The van der Waals surface area contributed by atoms with Crippen LogP contribution < -0.4 is 0 Å². The number of fused-ring (bicyclic) bond motifs is 1. The van der Waals surface area contributed by atoms with E-state index in [4.69, 9.17) is 16.9 Å². The van der Waals surface area contributed by atoms with E-state index in [-0.39, 0.29) is 0 Å². The summed E-state index contributed by atoms with van der Waals surface area (Å²) >= 11 is 6.02. The molecule has 6 heteroatoms. The number of nitriles is 1. The van der Waals surface area contributed by atoms with Crippen molar-refractivity contribution in [2.75, 3.05) is 0 Å². The summed E-state index contributed by atoms with van der Waals surface area (Å²) in [6.45, 7) is 0. The lowest BCUT2D eigenvalue weighted by atomic mass is 10.2. The third-order valence-electron chi connectivity index (χ3n) is 2.51. The summed E-state index contributed by atoms with van der Waals surface area (Å²) in [5.74, 6) is 0. The van der Waals surface area contributed by atoms with E-state index in [0.29, 0.717) is 22.2 Å². The van der Waals surface area contributed by atoms with Crippen LogP contribution in [0.5, 0.6) is 0 Å². The van der Waals surface area contributed by atoms with Gasteiger partial charge < -0.3 is 0 Å². The molecular weight excluding hydrogens is 250 g/mol. The van der Waals surface area contributed by atoms with Crippen molar-refractivity contribution in [3.8, 4) is 17.3 Å². The molecule has 0 aliphatic heterocycles. The maximum Gasteiger partial charge on any atom is 0.162 e. The third kappa shape index (κ3) is 1.60. The Morgan fingerprint density at radius 2 is 2.11 bits per heavy atom. The second-order valence-corrected chi connectivity index (χ2v) is 3.94. The number of aromatic nitrogens is 4. The van der Waals surface area contributed by atoms with Crippen molar-refractivity contribution >= 4 is 17.2 Å². The molecule has 3 heterocycles. The molecule has 0 atom stereocenters. The minimum atomic E-state index is 0.378. The van der Waals surface area contributed by atoms with Gasteiger partial charge in [-0.3, -0.25) is 0 Å². The average Bonchev–Trinajstić information content (AvgIpc) is 2.81. The molecule has 0 aliphatic rings. The van der Waals surface area contributed by atoms with Gasteiger partial charge in [0.25, 0.3) is 0 Å². The first-order chi connectivity index (χ1) is 8.79. The summed E-state index contributed by atoms with van der Waals surface area (Å²) in [6, 6.07) is 9.22. The van der Waals surface area contributed by atoms with E-state index in [1.165, 1.54) is 10.7 Å². The number of pyridine rings is 1. The minimum absolute atomic E-state index is 0.378.